The highest BCUT2D eigenvalue weighted by atomic mass is 16.2. The third kappa shape index (κ3) is 3.36. The molecule has 1 aromatic heterocycles. The Morgan fingerprint density at radius 1 is 1.60 bits per heavy atom. The molecule has 2 unspecified atom stereocenters. The van der Waals surface area contributed by atoms with E-state index in [9.17, 15) is 4.79 Å². The molecule has 1 heterocycles. The van der Waals surface area contributed by atoms with Gasteiger partial charge in [-0.2, -0.15) is 5.10 Å². The van der Waals surface area contributed by atoms with Crippen molar-refractivity contribution in [3.05, 3.63) is 18.0 Å². The minimum atomic E-state index is -0.205. The summed E-state index contributed by atoms with van der Waals surface area (Å²) in [6, 6.07) is 1.77. The molecule has 3 N–H and O–H groups in total. The number of rotatable bonds is 5. The van der Waals surface area contributed by atoms with Crippen molar-refractivity contribution in [3.63, 3.8) is 0 Å². The lowest BCUT2D eigenvalue weighted by atomic mass is 10.2. The Bertz CT molecular complexity index is 296. The van der Waals surface area contributed by atoms with Gasteiger partial charge in [-0.3, -0.25) is 15.2 Å². The first kappa shape index (κ1) is 11.7. The Morgan fingerprint density at radius 3 is 2.87 bits per heavy atom. The molecular weight excluding hydrogens is 192 g/mol. The number of aromatic amines is 1. The van der Waals surface area contributed by atoms with Crippen LogP contribution in [0.5, 0.6) is 0 Å². The van der Waals surface area contributed by atoms with Crippen LogP contribution in [0, 0.1) is 0 Å². The molecule has 0 saturated carbocycles. The zero-order chi connectivity index (χ0) is 11.3. The fourth-order valence-electron chi connectivity index (χ4n) is 1.38. The molecular formula is C10H18N4O. The van der Waals surface area contributed by atoms with Gasteiger partial charge in [0.05, 0.1) is 11.7 Å². The summed E-state index contributed by atoms with van der Waals surface area (Å²) in [5, 5.41) is 12.7. The van der Waals surface area contributed by atoms with Crippen LogP contribution in [-0.2, 0) is 4.79 Å². The van der Waals surface area contributed by atoms with Gasteiger partial charge in [-0.25, -0.2) is 0 Å². The van der Waals surface area contributed by atoms with Gasteiger partial charge in [0.15, 0.2) is 0 Å². The molecule has 0 aliphatic heterocycles. The number of nitrogens with one attached hydrogen (secondary N) is 3. The summed E-state index contributed by atoms with van der Waals surface area (Å²) >= 11 is 0. The maximum Gasteiger partial charge on any atom is 0.236 e. The summed E-state index contributed by atoms with van der Waals surface area (Å²) in [7, 11) is 0. The van der Waals surface area contributed by atoms with E-state index in [0.717, 1.165) is 5.69 Å². The Kier molecular flexibility index (Phi) is 4.30. The minimum Gasteiger partial charge on any atom is -0.355 e. The summed E-state index contributed by atoms with van der Waals surface area (Å²) in [6.07, 6.45) is 1.70. The maximum atomic E-state index is 11.4. The highest BCUT2D eigenvalue weighted by molar-refractivity contribution is 5.81. The van der Waals surface area contributed by atoms with E-state index < -0.39 is 0 Å². The molecule has 5 nitrogen and oxygen atoms in total. The second-order valence-electron chi connectivity index (χ2n) is 3.52. The molecule has 5 heteroatoms. The highest BCUT2D eigenvalue weighted by Gasteiger charge is 2.15. The first-order valence-corrected chi connectivity index (χ1v) is 5.18. The van der Waals surface area contributed by atoms with Gasteiger partial charge in [0.2, 0.25) is 5.91 Å². The number of nitrogens with zero attached hydrogens (tertiary/aromatic N) is 1. The van der Waals surface area contributed by atoms with Crippen LogP contribution in [0.4, 0.5) is 0 Å². The molecule has 2 atom stereocenters. The summed E-state index contributed by atoms with van der Waals surface area (Å²) in [5.41, 5.74) is 0.978. The quantitative estimate of drug-likeness (QED) is 0.666. The van der Waals surface area contributed by atoms with Crippen molar-refractivity contribution < 1.29 is 4.79 Å². The van der Waals surface area contributed by atoms with Crippen molar-refractivity contribution in [1.29, 1.82) is 0 Å². The number of amides is 1. The molecule has 1 rings (SSSR count). The van der Waals surface area contributed by atoms with Crippen LogP contribution in [-0.4, -0.2) is 28.7 Å². The molecule has 0 saturated heterocycles. The van der Waals surface area contributed by atoms with Crippen molar-refractivity contribution in [2.75, 3.05) is 6.54 Å². The molecule has 0 aromatic carbocycles. The Labute approximate surface area is 89.6 Å². The van der Waals surface area contributed by atoms with E-state index in [0.29, 0.717) is 6.54 Å². The number of likely N-dealkylation sites (N-methyl/N-ethyl adjacent to an activating group) is 1. The highest BCUT2D eigenvalue weighted by Crippen LogP contribution is 2.08. The van der Waals surface area contributed by atoms with Gasteiger partial charge in [-0.15, -0.1) is 0 Å². The molecule has 0 spiro atoms. The second-order valence-corrected chi connectivity index (χ2v) is 3.52. The lowest BCUT2D eigenvalue weighted by Crippen LogP contribution is -2.43. The summed E-state index contributed by atoms with van der Waals surface area (Å²) in [4.78, 5) is 11.4. The molecule has 0 aliphatic carbocycles. The van der Waals surface area contributed by atoms with Crippen LogP contribution in [0.2, 0.25) is 0 Å². The van der Waals surface area contributed by atoms with Crippen LogP contribution in [0.15, 0.2) is 12.3 Å². The topological polar surface area (TPSA) is 69.8 Å². The first-order valence-electron chi connectivity index (χ1n) is 5.18. The number of carbonyl (C=O) groups excluding carboxylic acids is 1. The van der Waals surface area contributed by atoms with E-state index in [1.54, 1.807) is 6.20 Å². The van der Waals surface area contributed by atoms with Gasteiger partial charge in [-0.1, -0.05) is 0 Å². The smallest absolute Gasteiger partial charge is 0.236 e. The maximum absolute atomic E-state index is 11.4. The number of hydrogen-bond acceptors (Lipinski definition) is 3. The van der Waals surface area contributed by atoms with Gasteiger partial charge in [-0.05, 0) is 26.8 Å². The van der Waals surface area contributed by atoms with Gasteiger partial charge in [0.1, 0.15) is 0 Å². The predicted octanol–water partition coefficient (Wildman–Crippen LogP) is 0.585. The Balaban J connectivity index is 2.44. The van der Waals surface area contributed by atoms with Crippen LogP contribution in [0.3, 0.4) is 0 Å². The average molecular weight is 210 g/mol. The fourth-order valence-corrected chi connectivity index (χ4v) is 1.38. The summed E-state index contributed by atoms with van der Waals surface area (Å²) in [5.74, 6) is 0.0175. The Morgan fingerprint density at radius 2 is 2.33 bits per heavy atom. The average Bonchev–Trinajstić information content (AvgIpc) is 2.70. The van der Waals surface area contributed by atoms with Crippen molar-refractivity contribution >= 4 is 5.91 Å². The molecule has 0 bridgehead atoms. The first-order chi connectivity index (χ1) is 7.15. The molecule has 1 aromatic rings. The van der Waals surface area contributed by atoms with Gasteiger partial charge in [0.25, 0.3) is 0 Å². The van der Waals surface area contributed by atoms with Crippen LogP contribution < -0.4 is 10.6 Å². The molecule has 1 amide bonds. The predicted molar refractivity (Wildman–Crippen MR) is 58.3 cm³/mol. The normalized spacial score (nSPS) is 14.6. The largest absolute Gasteiger partial charge is 0.355 e. The lowest BCUT2D eigenvalue weighted by Gasteiger charge is -2.18. The standard InChI is InChI=1S/C10H18N4O/c1-4-11-10(15)8(3)13-7(2)9-5-6-12-14-9/h5-8,13H,4H2,1-3H3,(H,11,15)(H,12,14). The van der Waals surface area contributed by atoms with Gasteiger partial charge in [0, 0.05) is 18.8 Å². The molecule has 0 aliphatic rings. The molecule has 0 radical (unpaired) electrons. The van der Waals surface area contributed by atoms with Crippen molar-refractivity contribution in [2.24, 2.45) is 0 Å². The van der Waals surface area contributed by atoms with Crippen molar-refractivity contribution in [2.45, 2.75) is 32.9 Å². The fraction of sp³-hybridized carbons (Fsp3) is 0.600. The monoisotopic (exact) mass is 210 g/mol. The summed E-state index contributed by atoms with van der Waals surface area (Å²) in [6.45, 7) is 6.40. The van der Waals surface area contributed by atoms with E-state index in [2.05, 4.69) is 20.8 Å². The van der Waals surface area contributed by atoms with Gasteiger partial charge >= 0.3 is 0 Å². The summed E-state index contributed by atoms with van der Waals surface area (Å²) < 4.78 is 0. The second kappa shape index (κ2) is 5.50. The zero-order valence-corrected chi connectivity index (χ0v) is 9.37. The number of aromatic nitrogens is 2. The van der Waals surface area contributed by atoms with Crippen LogP contribution in [0.1, 0.15) is 32.5 Å². The third-order valence-corrected chi connectivity index (χ3v) is 2.23. The number of carbonyl (C=O) groups is 1. The van der Waals surface area contributed by atoms with Crippen molar-refractivity contribution in [1.82, 2.24) is 20.8 Å². The molecule has 15 heavy (non-hydrogen) atoms. The van der Waals surface area contributed by atoms with E-state index >= 15 is 0 Å². The lowest BCUT2D eigenvalue weighted by molar-refractivity contribution is -0.122. The third-order valence-electron chi connectivity index (χ3n) is 2.23. The molecule has 84 valence electrons. The number of hydrogen-bond donors (Lipinski definition) is 3. The SMILES string of the molecule is CCNC(=O)C(C)NC(C)c1ccn[nH]1. The number of H-pyrrole nitrogens is 1. The van der Waals surface area contributed by atoms with E-state index in [4.69, 9.17) is 0 Å². The van der Waals surface area contributed by atoms with Crippen molar-refractivity contribution in [3.8, 4) is 0 Å². The van der Waals surface area contributed by atoms with Crippen LogP contribution in [0.25, 0.3) is 0 Å². The van der Waals surface area contributed by atoms with E-state index in [1.807, 2.05) is 26.8 Å². The zero-order valence-electron chi connectivity index (χ0n) is 9.37. The van der Waals surface area contributed by atoms with E-state index in [1.165, 1.54) is 0 Å². The molecule has 0 fully saturated rings. The van der Waals surface area contributed by atoms with Crippen LogP contribution >= 0.6 is 0 Å². The van der Waals surface area contributed by atoms with Gasteiger partial charge < -0.3 is 5.32 Å². The Hall–Kier alpha value is -1.36. The minimum absolute atomic E-state index is 0.0175. The van der Waals surface area contributed by atoms with E-state index in [-0.39, 0.29) is 18.0 Å².